The van der Waals surface area contributed by atoms with Crippen LogP contribution in [0.3, 0.4) is 0 Å². The molecule has 2 heteroatoms. The summed E-state index contributed by atoms with van der Waals surface area (Å²) in [5.74, 6) is 0. The lowest BCUT2D eigenvalue weighted by molar-refractivity contribution is -0.0899. The van der Waals surface area contributed by atoms with Crippen molar-refractivity contribution in [2.75, 3.05) is 0 Å². The molecule has 80 valence electrons. The highest BCUT2D eigenvalue weighted by atomic mass is 16.6. The van der Waals surface area contributed by atoms with Crippen molar-refractivity contribution in [2.45, 2.75) is 31.7 Å². The Hall–Kier alpha value is -1.12. The smallest absolute Gasteiger partial charge is 0.159 e. The first-order chi connectivity index (χ1) is 7.25. The van der Waals surface area contributed by atoms with Crippen LogP contribution in [0.4, 0.5) is 0 Å². The molecule has 1 saturated heterocycles. The molecule has 1 fully saturated rings. The minimum absolute atomic E-state index is 0.0280. The van der Waals surface area contributed by atoms with Crippen molar-refractivity contribution < 1.29 is 9.84 Å². The number of benzene rings is 1. The Kier molecular flexibility index (Phi) is 3.19. The second kappa shape index (κ2) is 4.60. The molecule has 0 aliphatic carbocycles. The van der Waals surface area contributed by atoms with Gasteiger partial charge in [-0.15, -0.1) is 0 Å². The molecule has 1 aliphatic heterocycles. The molecule has 1 heterocycles. The summed E-state index contributed by atoms with van der Waals surface area (Å²) in [6.45, 7) is 3.91. The standard InChI is InChI=1S/C13H16O2/c1-10-9-13(14)15-12(10)8-7-11-5-3-2-4-6-11/h2-6,12-14H,1,7-9H2. The van der Waals surface area contributed by atoms with Gasteiger partial charge in [-0.2, -0.15) is 0 Å². The van der Waals surface area contributed by atoms with Gasteiger partial charge in [0.1, 0.15) is 0 Å². The molecule has 1 aromatic carbocycles. The van der Waals surface area contributed by atoms with E-state index in [4.69, 9.17) is 4.74 Å². The molecule has 2 nitrogen and oxygen atoms in total. The summed E-state index contributed by atoms with van der Waals surface area (Å²) in [4.78, 5) is 0. The summed E-state index contributed by atoms with van der Waals surface area (Å²) in [5, 5.41) is 9.28. The highest BCUT2D eigenvalue weighted by molar-refractivity contribution is 5.16. The summed E-state index contributed by atoms with van der Waals surface area (Å²) in [5.41, 5.74) is 2.31. The maximum absolute atomic E-state index is 9.28. The van der Waals surface area contributed by atoms with Crippen LogP contribution in [0.5, 0.6) is 0 Å². The van der Waals surface area contributed by atoms with Crippen LogP contribution in [0.2, 0.25) is 0 Å². The normalized spacial score (nSPS) is 25.8. The Morgan fingerprint density at radius 3 is 2.67 bits per heavy atom. The molecule has 2 atom stereocenters. The fourth-order valence-corrected chi connectivity index (χ4v) is 1.90. The van der Waals surface area contributed by atoms with Gasteiger partial charge in [0, 0.05) is 6.42 Å². The Labute approximate surface area is 90.2 Å². The first-order valence-corrected chi connectivity index (χ1v) is 5.31. The van der Waals surface area contributed by atoms with Crippen molar-refractivity contribution in [3.8, 4) is 0 Å². The maximum Gasteiger partial charge on any atom is 0.159 e. The van der Waals surface area contributed by atoms with E-state index in [1.165, 1.54) is 5.56 Å². The van der Waals surface area contributed by atoms with Gasteiger partial charge in [0.05, 0.1) is 6.10 Å². The van der Waals surface area contributed by atoms with E-state index in [9.17, 15) is 5.11 Å². The monoisotopic (exact) mass is 204 g/mol. The van der Waals surface area contributed by atoms with Crippen LogP contribution in [0.15, 0.2) is 42.5 Å². The lowest BCUT2D eigenvalue weighted by atomic mass is 10.0. The average molecular weight is 204 g/mol. The zero-order chi connectivity index (χ0) is 10.7. The van der Waals surface area contributed by atoms with Gasteiger partial charge in [-0.25, -0.2) is 0 Å². The predicted octanol–water partition coefficient (Wildman–Crippen LogP) is 2.28. The molecular weight excluding hydrogens is 188 g/mol. The zero-order valence-corrected chi connectivity index (χ0v) is 8.73. The van der Waals surface area contributed by atoms with E-state index in [0.717, 1.165) is 18.4 Å². The van der Waals surface area contributed by atoms with Crippen molar-refractivity contribution in [2.24, 2.45) is 0 Å². The fourth-order valence-electron chi connectivity index (χ4n) is 1.90. The molecule has 1 aliphatic rings. The van der Waals surface area contributed by atoms with Crippen molar-refractivity contribution >= 4 is 0 Å². The first-order valence-electron chi connectivity index (χ1n) is 5.31. The molecule has 15 heavy (non-hydrogen) atoms. The summed E-state index contributed by atoms with van der Waals surface area (Å²) in [6.07, 6.45) is 1.84. The van der Waals surface area contributed by atoms with Crippen LogP contribution < -0.4 is 0 Å². The van der Waals surface area contributed by atoms with Crippen molar-refractivity contribution in [1.82, 2.24) is 0 Å². The third-order valence-electron chi connectivity index (χ3n) is 2.75. The second-order valence-corrected chi connectivity index (χ2v) is 3.97. The third kappa shape index (κ3) is 2.67. The Morgan fingerprint density at radius 1 is 1.33 bits per heavy atom. The zero-order valence-electron chi connectivity index (χ0n) is 8.73. The topological polar surface area (TPSA) is 29.5 Å². The molecule has 0 bridgehead atoms. The van der Waals surface area contributed by atoms with Gasteiger partial charge < -0.3 is 9.84 Å². The maximum atomic E-state index is 9.28. The quantitative estimate of drug-likeness (QED) is 0.765. The number of aliphatic hydroxyl groups is 1. The average Bonchev–Trinajstić information content (AvgIpc) is 2.56. The van der Waals surface area contributed by atoms with Gasteiger partial charge in [-0.1, -0.05) is 36.9 Å². The summed E-state index contributed by atoms with van der Waals surface area (Å²) < 4.78 is 5.35. The van der Waals surface area contributed by atoms with Crippen LogP contribution in [0.1, 0.15) is 18.4 Å². The summed E-state index contributed by atoms with van der Waals surface area (Å²) >= 11 is 0. The Bertz CT molecular complexity index is 332. The van der Waals surface area contributed by atoms with Crippen molar-refractivity contribution in [1.29, 1.82) is 0 Å². The van der Waals surface area contributed by atoms with Gasteiger partial charge in [0.15, 0.2) is 6.29 Å². The Balaban J connectivity index is 1.86. The van der Waals surface area contributed by atoms with E-state index in [-0.39, 0.29) is 6.10 Å². The summed E-state index contributed by atoms with van der Waals surface area (Å²) in [6, 6.07) is 10.3. The number of ether oxygens (including phenoxy) is 1. The van der Waals surface area contributed by atoms with E-state index >= 15 is 0 Å². The molecule has 2 unspecified atom stereocenters. The highest BCUT2D eigenvalue weighted by Gasteiger charge is 2.26. The van der Waals surface area contributed by atoms with E-state index in [1.807, 2.05) is 18.2 Å². The van der Waals surface area contributed by atoms with Gasteiger partial charge in [-0.3, -0.25) is 0 Å². The van der Waals surface area contributed by atoms with Crippen LogP contribution in [-0.2, 0) is 11.2 Å². The number of hydrogen-bond acceptors (Lipinski definition) is 2. The third-order valence-corrected chi connectivity index (χ3v) is 2.75. The van der Waals surface area contributed by atoms with Crippen LogP contribution >= 0.6 is 0 Å². The van der Waals surface area contributed by atoms with Crippen molar-refractivity contribution in [3.05, 3.63) is 48.0 Å². The second-order valence-electron chi connectivity index (χ2n) is 3.97. The number of rotatable bonds is 3. The molecule has 0 saturated carbocycles. The SMILES string of the molecule is C=C1CC(O)OC1CCc1ccccc1. The van der Waals surface area contributed by atoms with Crippen LogP contribution in [-0.4, -0.2) is 17.5 Å². The van der Waals surface area contributed by atoms with Gasteiger partial charge in [-0.05, 0) is 24.0 Å². The molecular formula is C13H16O2. The number of hydrogen-bond donors (Lipinski definition) is 1. The van der Waals surface area contributed by atoms with E-state index in [0.29, 0.717) is 6.42 Å². The lowest BCUT2D eigenvalue weighted by Crippen LogP contribution is -2.11. The molecule has 0 radical (unpaired) electrons. The van der Waals surface area contributed by atoms with Crippen LogP contribution in [0, 0.1) is 0 Å². The number of aryl methyl sites for hydroxylation is 1. The minimum Gasteiger partial charge on any atom is -0.368 e. The molecule has 2 rings (SSSR count). The Morgan fingerprint density at radius 2 is 2.07 bits per heavy atom. The summed E-state index contributed by atoms with van der Waals surface area (Å²) in [7, 11) is 0. The van der Waals surface area contributed by atoms with E-state index in [1.54, 1.807) is 0 Å². The van der Waals surface area contributed by atoms with E-state index < -0.39 is 6.29 Å². The van der Waals surface area contributed by atoms with E-state index in [2.05, 4.69) is 18.7 Å². The van der Waals surface area contributed by atoms with Crippen molar-refractivity contribution in [3.63, 3.8) is 0 Å². The molecule has 0 aromatic heterocycles. The highest BCUT2D eigenvalue weighted by Crippen LogP contribution is 2.26. The molecule has 0 spiro atoms. The number of aliphatic hydroxyl groups excluding tert-OH is 1. The molecule has 0 amide bonds. The van der Waals surface area contributed by atoms with Gasteiger partial charge >= 0.3 is 0 Å². The molecule has 1 N–H and O–H groups in total. The fraction of sp³-hybridized carbons (Fsp3) is 0.385. The molecule has 1 aromatic rings. The first kappa shape index (κ1) is 10.4. The van der Waals surface area contributed by atoms with Gasteiger partial charge in [0.2, 0.25) is 0 Å². The van der Waals surface area contributed by atoms with Gasteiger partial charge in [0.25, 0.3) is 0 Å². The lowest BCUT2D eigenvalue weighted by Gasteiger charge is -2.10. The largest absolute Gasteiger partial charge is 0.368 e. The predicted molar refractivity (Wildman–Crippen MR) is 59.4 cm³/mol. The van der Waals surface area contributed by atoms with Crippen LogP contribution in [0.25, 0.3) is 0 Å². The minimum atomic E-state index is -0.640.